The molecule has 0 radical (unpaired) electrons. The van der Waals surface area contributed by atoms with Crippen LogP contribution in [0.1, 0.15) is 74.7 Å². The van der Waals surface area contributed by atoms with Crippen molar-refractivity contribution in [2.24, 2.45) is 33.7 Å². The highest BCUT2D eigenvalue weighted by Gasteiger charge is 2.34. The number of amides is 6. The van der Waals surface area contributed by atoms with Gasteiger partial charge in [-0.2, -0.15) is 11.8 Å². The number of nitrogens with zero attached hydrogens (tertiary/aromatic N) is 3. The lowest BCUT2D eigenvalue weighted by atomic mass is 10.0. The molecule has 0 saturated heterocycles. The Balaban J connectivity index is 1.53. The van der Waals surface area contributed by atoms with Gasteiger partial charge in [0.05, 0.1) is 18.7 Å². The minimum Gasteiger partial charge on any atom is -0.480 e. The van der Waals surface area contributed by atoms with Crippen molar-refractivity contribution in [2.75, 3.05) is 31.6 Å². The van der Waals surface area contributed by atoms with Gasteiger partial charge in [-0.05, 0) is 101 Å². The van der Waals surface area contributed by atoms with E-state index < -0.39 is 83.7 Å². The molecular weight excluding hydrogens is 951 g/mol. The summed E-state index contributed by atoms with van der Waals surface area (Å²) in [5.41, 5.74) is 31.6. The number of carboxylic acid groups (broad SMARTS) is 1. The van der Waals surface area contributed by atoms with Crippen molar-refractivity contribution >= 4 is 70.0 Å². The number of thioether (sulfide) groups is 1. The number of aliphatic imine (C=N–C) groups is 1. The van der Waals surface area contributed by atoms with Crippen LogP contribution in [0.4, 0.5) is 0 Å². The van der Waals surface area contributed by atoms with E-state index in [1.165, 1.54) is 36.8 Å². The molecule has 0 unspecified atom stereocenters. The smallest absolute Gasteiger partial charge is 0.326 e. The summed E-state index contributed by atoms with van der Waals surface area (Å²) in [5.74, 6) is -5.40. The number of carboxylic acids is 1. The fraction of sp³-hybridized carbons (Fsp3) is 0.522. The first-order valence-electron chi connectivity index (χ1n) is 23.9. The number of aromatic amines is 3. The molecule has 394 valence electrons. The third-order valence-electron chi connectivity index (χ3n) is 11.6. The van der Waals surface area contributed by atoms with Crippen LogP contribution in [0.5, 0.6) is 0 Å². The number of nitrogens with two attached hydrogens (primary N) is 5. The fourth-order valence-electron chi connectivity index (χ4n) is 7.71. The summed E-state index contributed by atoms with van der Waals surface area (Å²) in [6, 6.07) is -0.993. The average molecular weight is 1020 g/mol. The van der Waals surface area contributed by atoms with E-state index in [1.54, 1.807) is 6.20 Å². The van der Waals surface area contributed by atoms with Gasteiger partial charge in [-0.15, -0.1) is 0 Å². The standard InChI is InChI=1S/C46H71N17O8S/c1-72-18-14-36(43(68)59-35(13-8-17-54-46(50)51)41(66)58-34(12-5-7-16-48)42(67)63-38(45(70)71)21-29-24-53-26-57-29)61-40(65)33(11-4-6-15-47)60-44(69)37(20-28-23-52-25-56-28)62-39(64)31(49)19-27-22-55-32-10-3-2-9-30(27)32/h2-3,9-10,22-26,31,33-38,55H,4-8,11-21,47-49H2,1H3,(H,52,56)(H,53,57)(H,58,66)(H,59,68)(H,60,69)(H,61,65)(H,62,64)(H,63,67)(H,70,71)(H4,50,51,54)/t31-,33-,34-,35-,36-,37-,38-/m0/s1. The van der Waals surface area contributed by atoms with Crippen LogP contribution in [0.15, 0.2) is 60.5 Å². The molecule has 0 saturated carbocycles. The highest BCUT2D eigenvalue weighted by Crippen LogP contribution is 2.19. The van der Waals surface area contributed by atoms with E-state index in [-0.39, 0.29) is 63.9 Å². The van der Waals surface area contributed by atoms with Gasteiger partial charge < -0.3 is 80.6 Å². The van der Waals surface area contributed by atoms with Gasteiger partial charge in [0.15, 0.2) is 5.96 Å². The number of guanidine groups is 1. The molecule has 0 bridgehead atoms. The van der Waals surface area contributed by atoms with Gasteiger partial charge in [-0.3, -0.25) is 33.8 Å². The maximum atomic E-state index is 14.3. The second-order valence-electron chi connectivity index (χ2n) is 17.2. The van der Waals surface area contributed by atoms with Crippen LogP contribution in [-0.2, 0) is 52.8 Å². The van der Waals surface area contributed by atoms with Crippen LogP contribution in [0.25, 0.3) is 10.9 Å². The largest absolute Gasteiger partial charge is 0.480 e. The summed E-state index contributed by atoms with van der Waals surface area (Å²) in [4.78, 5) is 117. The minimum atomic E-state index is -1.37. The molecule has 0 aliphatic heterocycles. The molecule has 4 rings (SSSR count). The van der Waals surface area contributed by atoms with Crippen molar-refractivity contribution in [1.82, 2.24) is 56.8 Å². The summed E-state index contributed by atoms with van der Waals surface area (Å²) < 4.78 is 0. The summed E-state index contributed by atoms with van der Waals surface area (Å²) in [5, 5.41) is 27.1. The van der Waals surface area contributed by atoms with Crippen LogP contribution >= 0.6 is 11.8 Å². The molecule has 4 aromatic rings. The topological polar surface area (TPSA) is 428 Å². The average Bonchev–Trinajstić information content (AvgIpc) is 4.16. The monoisotopic (exact) mass is 1020 g/mol. The molecule has 3 aromatic heterocycles. The maximum Gasteiger partial charge on any atom is 0.326 e. The first-order valence-corrected chi connectivity index (χ1v) is 25.3. The number of carbonyl (C=O) groups is 7. The number of benzene rings is 1. The molecule has 6 amide bonds. The van der Waals surface area contributed by atoms with Crippen molar-refractivity contribution in [1.29, 1.82) is 0 Å². The number of aliphatic carboxylic acids is 1. The number of imidazole rings is 2. The lowest BCUT2D eigenvalue weighted by Crippen LogP contribution is -2.60. The Bertz CT molecular complexity index is 2360. The Hall–Kier alpha value is -7.03. The molecule has 0 spiro atoms. The Morgan fingerprint density at radius 3 is 1.58 bits per heavy atom. The quantitative estimate of drug-likeness (QED) is 0.0137. The lowest BCUT2D eigenvalue weighted by Gasteiger charge is -2.28. The third-order valence-corrected chi connectivity index (χ3v) is 12.3. The first-order chi connectivity index (χ1) is 34.6. The zero-order valence-corrected chi connectivity index (χ0v) is 41.3. The van der Waals surface area contributed by atoms with Gasteiger partial charge in [-0.25, -0.2) is 14.8 Å². The van der Waals surface area contributed by atoms with Crippen LogP contribution in [-0.4, -0.2) is 151 Å². The number of nitrogens with one attached hydrogen (secondary N) is 9. The maximum absolute atomic E-state index is 14.3. The molecule has 26 heteroatoms. The number of hydrogen-bond acceptors (Lipinski definition) is 14. The van der Waals surface area contributed by atoms with Crippen molar-refractivity contribution < 1.29 is 38.7 Å². The highest BCUT2D eigenvalue weighted by molar-refractivity contribution is 7.98. The Morgan fingerprint density at radius 2 is 1.10 bits per heavy atom. The van der Waals surface area contributed by atoms with Crippen LogP contribution in [0.2, 0.25) is 0 Å². The summed E-state index contributed by atoms with van der Waals surface area (Å²) in [6.07, 6.45) is 11.7. The number of aromatic nitrogens is 5. The minimum absolute atomic E-state index is 0.0150. The second kappa shape index (κ2) is 30.7. The number of carbonyl (C=O) groups excluding carboxylic acids is 6. The van der Waals surface area contributed by atoms with E-state index in [0.717, 1.165) is 16.5 Å². The van der Waals surface area contributed by atoms with E-state index >= 15 is 0 Å². The first kappa shape index (κ1) is 57.5. The van der Waals surface area contributed by atoms with E-state index in [1.807, 2.05) is 30.5 Å². The molecular formula is C46H71N17O8S. The summed E-state index contributed by atoms with van der Waals surface area (Å²) in [6.45, 7) is 0.695. The van der Waals surface area contributed by atoms with Gasteiger partial charge >= 0.3 is 5.97 Å². The molecule has 0 fully saturated rings. The predicted octanol–water partition coefficient (Wildman–Crippen LogP) is -1.97. The zero-order chi connectivity index (χ0) is 52.4. The Morgan fingerprint density at radius 1 is 0.625 bits per heavy atom. The molecule has 20 N–H and O–H groups in total. The SMILES string of the molecule is CSCC[C@H](NC(=O)[C@H](CCCCN)NC(=O)[C@H](Cc1cnc[nH]1)NC(=O)[C@@H](N)Cc1c[nH]c2ccccc12)C(=O)N[C@@H](CCCN=C(N)N)C(=O)N[C@@H](CCCCN)C(=O)N[C@@H](Cc1cnc[nH]1)C(=O)O. The van der Waals surface area contributed by atoms with Crippen molar-refractivity contribution in [3.8, 4) is 0 Å². The number of H-pyrrole nitrogens is 3. The lowest BCUT2D eigenvalue weighted by molar-refractivity contribution is -0.142. The van der Waals surface area contributed by atoms with E-state index in [9.17, 15) is 38.7 Å². The van der Waals surface area contributed by atoms with Crippen LogP contribution in [0, 0.1) is 0 Å². The van der Waals surface area contributed by atoms with Gasteiger partial charge in [0, 0.05) is 60.3 Å². The van der Waals surface area contributed by atoms with Crippen LogP contribution in [0.3, 0.4) is 0 Å². The van der Waals surface area contributed by atoms with E-state index in [2.05, 4.69) is 61.8 Å². The van der Waals surface area contributed by atoms with Gasteiger partial charge in [0.25, 0.3) is 0 Å². The molecule has 72 heavy (non-hydrogen) atoms. The second-order valence-corrected chi connectivity index (χ2v) is 18.2. The molecule has 25 nitrogen and oxygen atoms in total. The number of para-hydroxylation sites is 1. The number of unbranched alkanes of at least 4 members (excludes halogenated alkanes) is 2. The molecule has 0 aliphatic carbocycles. The number of hydrogen-bond donors (Lipinski definition) is 15. The van der Waals surface area contributed by atoms with E-state index in [0.29, 0.717) is 55.9 Å². The molecule has 1 aromatic carbocycles. The van der Waals surface area contributed by atoms with Crippen molar-refractivity contribution in [2.45, 2.75) is 119 Å². The number of fused-ring (bicyclic) bond motifs is 1. The summed E-state index contributed by atoms with van der Waals surface area (Å²) in [7, 11) is 0. The highest BCUT2D eigenvalue weighted by atomic mass is 32.2. The Labute approximate surface area is 421 Å². The Kier molecular flexibility index (Phi) is 24.5. The van der Waals surface area contributed by atoms with Crippen LogP contribution < -0.4 is 60.6 Å². The zero-order valence-electron chi connectivity index (χ0n) is 40.5. The van der Waals surface area contributed by atoms with Crippen molar-refractivity contribution in [3.63, 3.8) is 0 Å². The van der Waals surface area contributed by atoms with Gasteiger partial charge in [0.1, 0.15) is 36.3 Å². The van der Waals surface area contributed by atoms with Gasteiger partial charge in [0.2, 0.25) is 35.4 Å². The predicted molar refractivity (Wildman–Crippen MR) is 273 cm³/mol. The van der Waals surface area contributed by atoms with Crippen molar-refractivity contribution in [3.05, 3.63) is 72.5 Å². The molecule has 3 heterocycles. The summed E-state index contributed by atoms with van der Waals surface area (Å²) >= 11 is 1.40. The molecule has 0 aliphatic rings. The van der Waals surface area contributed by atoms with E-state index in [4.69, 9.17) is 28.7 Å². The molecule has 7 atom stereocenters. The number of rotatable bonds is 34. The normalized spacial score (nSPS) is 14.1. The van der Waals surface area contributed by atoms with Gasteiger partial charge in [-0.1, -0.05) is 18.2 Å². The fourth-order valence-corrected chi connectivity index (χ4v) is 8.18. The third kappa shape index (κ3) is 19.3.